The van der Waals surface area contributed by atoms with E-state index in [1.165, 1.54) is 0 Å². The predicted molar refractivity (Wildman–Crippen MR) is 68.0 cm³/mol. The van der Waals surface area contributed by atoms with Crippen LogP contribution in [-0.2, 0) is 9.84 Å². The highest BCUT2D eigenvalue weighted by Crippen LogP contribution is 1.97. The Morgan fingerprint density at radius 1 is 1.53 bits per heavy atom. The molecule has 0 spiro atoms. The van der Waals surface area contributed by atoms with Gasteiger partial charge >= 0.3 is 0 Å². The minimum atomic E-state index is -2.87. The van der Waals surface area contributed by atoms with E-state index >= 15 is 0 Å². The molecular formula is C10H19NO2S2. The van der Waals surface area contributed by atoms with E-state index in [1.807, 2.05) is 6.92 Å². The molecule has 88 valence electrons. The van der Waals surface area contributed by atoms with Crippen LogP contribution in [0.15, 0.2) is 0 Å². The molecule has 1 unspecified atom stereocenters. The number of hydrogen-bond acceptors (Lipinski definition) is 4. The summed E-state index contributed by atoms with van der Waals surface area (Å²) in [7, 11) is -2.87. The van der Waals surface area contributed by atoms with Gasteiger partial charge in [0.1, 0.15) is 0 Å². The fourth-order valence-corrected chi connectivity index (χ4v) is 2.71. The number of terminal acetylenes is 1. The molecule has 15 heavy (non-hydrogen) atoms. The van der Waals surface area contributed by atoms with Gasteiger partial charge in [0.2, 0.25) is 0 Å². The SMILES string of the molecule is C#CCSCCNC(C)CS(=O)(=O)CC. The number of nitrogens with one attached hydrogen (secondary N) is 1. The molecule has 0 aliphatic carbocycles. The first-order valence-electron chi connectivity index (χ1n) is 4.97. The van der Waals surface area contributed by atoms with Crippen molar-refractivity contribution in [1.82, 2.24) is 5.32 Å². The molecule has 1 atom stereocenters. The van der Waals surface area contributed by atoms with Gasteiger partial charge in [0.05, 0.1) is 11.5 Å². The maximum Gasteiger partial charge on any atom is 0.151 e. The van der Waals surface area contributed by atoms with E-state index in [0.717, 1.165) is 12.3 Å². The molecule has 0 radical (unpaired) electrons. The third-order valence-electron chi connectivity index (χ3n) is 1.87. The highest BCUT2D eigenvalue weighted by molar-refractivity contribution is 7.99. The number of rotatable bonds is 8. The van der Waals surface area contributed by atoms with Crippen molar-refractivity contribution in [1.29, 1.82) is 0 Å². The first kappa shape index (κ1) is 14.8. The zero-order valence-electron chi connectivity index (χ0n) is 9.32. The molecule has 0 aromatic carbocycles. The van der Waals surface area contributed by atoms with Crippen molar-refractivity contribution < 1.29 is 8.42 Å². The Morgan fingerprint density at radius 2 is 2.20 bits per heavy atom. The lowest BCUT2D eigenvalue weighted by Gasteiger charge is -2.12. The van der Waals surface area contributed by atoms with E-state index in [2.05, 4.69) is 11.2 Å². The molecule has 0 amide bonds. The second-order valence-electron chi connectivity index (χ2n) is 3.31. The number of hydrogen-bond donors (Lipinski definition) is 1. The van der Waals surface area contributed by atoms with Crippen LogP contribution in [0.2, 0.25) is 0 Å². The zero-order valence-corrected chi connectivity index (χ0v) is 11.0. The van der Waals surface area contributed by atoms with Gasteiger partial charge in [-0.2, -0.15) is 0 Å². The van der Waals surface area contributed by atoms with Crippen LogP contribution >= 0.6 is 11.8 Å². The first-order valence-corrected chi connectivity index (χ1v) is 7.94. The molecule has 0 aliphatic rings. The Labute approximate surface area is 97.3 Å². The lowest BCUT2D eigenvalue weighted by atomic mass is 10.4. The molecular weight excluding hydrogens is 230 g/mol. The van der Waals surface area contributed by atoms with E-state index in [4.69, 9.17) is 6.42 Å². The monoisotopic (exact) mass is 249 g/mol. The summed E-state index contributed by atoms with van der Waals surface area (Å²) in [6.07, 6.45) is 5.10. The lowest BCUT2D eigenvalue weighted by Crippen LogP contribution is -2.35. The van der Waals surface area contributed by atoms with E-state index < -0.39 is 9.84 Å². The van der Waals surface area contributed by atoms with Crippen LogP contribution in [0.5, 0.6) is 0 Å². The maximum atomic E-state index is 11.3. The van der Waals surface area contributed by atoms with Crippen molar-refractivity contribution in [2.45, 2.75) is 19.9 Å². The largest absolute Gasteiger partial charge is 0.312 e. The summed E-state index contributed by atoms with van der Waals surface area (Å²) in [5, 5.41) is 3.16. The quantitative estimate of drug-likeness (QED) is 0.510. The topological polar surface area (TPSA) is 46.2 Å². The van der Waals surface area contributed by atoms with Crippen LogP contribution < -0.4 is 5.32 Å². The van der Waals surface area contributed by atoms with Gasteiger partial charge in [0.15, 0.2) is 9.84 Å². The fraction of sp³-hybridized carbons (Fsp3) is 0.800. The van der Waals surface area contributed by atoms with Gasteiger partial charge in [0.25, 0.3) is 0 Å². The third kappa shape index (κ3) is 8.79. The van der Waals surface area contributed by atoms with Gasteiger partial charge in [-0.05, 0) is 6.92 Å². The second kappa shape index (κ2) is 8.03. The van der Waals surface area contributed by atoms with Gasteiger partial charge in [0, 0.05) is 24.1 Å². The first-order chi connectivity index (χ1) is 7.02. The van der Waals surface area contributed by atoms with Crippen molar-refractivity contribution in [3.63, 3.8) is 0 Å². The van der Waals surface area contributed by atoms with Gasteiger partial charge < -0.3 is 5.32 Å². The standard InChI is InChI=1S/C10H19NO2S2/c1-4-7-14-8-6-11-10(3)9-15(12,13)5-2/h1,10-11H,5-9H2,2-3H3. The molecule has 0 saturated carbocycles. The van der Waals surface area contributed by atoms with Gasteiger partial charge in [-0.15, -0.1) is 18.2 Å². The van der Waals surface area contributed by atoms with E-state index in [9.17, 15) is 8.42 Å². The third-order valence-corrected chi connectivity index (χ3v) is 4.62. The van der Waals surface area contributed by atoms with Crippen LogP contribution in [-0.4, -0.2) is 44.0 Å². The van der Waals surface area contributed by atoms with Crippen LogP contribution in [0.25, 0.3) is 0 Å². The Kier molecular flexibility index (Phi) is 7.93. The van der Waals surface area contributed by atoms with Crippen molar-refractivity contribution in [3.05, 3.63) is 0 Å². The van der Waals surface area contributed by atoms with Crippen molar-refractivity contribution in [2.24, 2.45) is 0 Å². The summed E-state index contributed by atoms with van der Waals surface area (Å²) < 4.78 is 22.5. The minimum absolute atomic E-state index is 0.0152. The molecule has 0 rings (SSSR count). The summed E-state index contributed by atoms with van der Waals surface area (Å²) in [4.78, 5) is 0. The predicted octanol–water partition coefficient (Wildman–Crippen LogP) is 0.766. The zero-order chi connectivity index (χ0) is 11.7. The molecule has 0 heterocycles. The highest BCUT2D eigenvalue weighted by Gasteiger charge is 2.12. The summed E-state index contributed by atoms with van der Waals surface area (Å²) in [5.41, 5.74) is 0. The Bertz CT molecular complexity index is 293. The Balaban J connectivity index is 3.59. The summed E-state index contributed by atoms with van der Waals surface area (Å²) in [5.74, 6) is 4.60. The molecule has 0 fully saturated rings. The summed E-state index contributed by atoms with van der Waals surface area (Å²) >= 11 is 1.67. The average molecular weight is 249 g/mol. The van der Waals surface area contributed by atoms with Crippen LogP contribution in [0.3, 0.4) is 0 Å². The second-order valence-corrected chi connectivity index (χ2v) is 6.81. The molecule has 5 heteroatoms. The van der Waals surface area contributed by atoms with E-state index in [-0.39, 0.29) is 17.5 Å². The number of sulfone groups is 1. The Hall–Kier alpha value is -0.180. The van der Waals surface area contributed by atoms with Crippen LogP contribution in [0.4, 0.5) is 0 Å². The van der Waals surface area contributed by atoms with E-state index in [0.29, 0.717) is 5.75 Å². The van der Waals surface area contributed by atoms with Crippen molar-refractivity contribution in [3.8, 4) is 12.3 Å². The molecule has 3 nitrogen and oxygen atoms in total. The maximum absolute atomic E-state index is 11.3. The normalized spacial score (nSPS) is 13.4. The summed E-state index contributed by atoms with van der Waals surface area (Å²) in [6, 6.07) is 0.0152. The molecule has 0 bridgehead atoms. The molecule has 0 aromatic heterocycles. The molecule has 0 aliphatic heterocycles. The smallest absolute Gasteiger partial charge is 0.151 e. The average Bonchev–Trinajstić information content (AvgIpc) is 2.17. The highest BCUT2D eigenvalue weighted by atomic mass is 32.2. The van der Waals surface area contributed by atoms with Gasteiger partial charge in [-0.1, -0.05) is 12.8 Å². The Morgan fingerprint density at radius 3 is 2.73 bits per heavy atom. The molecule has 0 saturated heterocycles. The molecule has 1 N–H and O–H groups in total. The fourth-order valence-electron chi connectivity index (χ4n) is 1.07. The van der Waals surface area contributed by atoms with Crippen LogP contribution in [0, 0.1) is 12.3 Å². The summed E-state index contributed by atoms with van der Waals surface area (Å²) in [6.45, 7) is 4.36. The van der Waals surface area contributed by atoms with E-state index in [1.54, 1.807) is 18.7 Å². The lowest BCUT2D eigenvalue weighted by molar-refractivity contribution is 0.568. The number of thioether (sulfide) groups is 1. The minimum Gasteiger partial charge on any atom is -0.312 e. The van der Waals surface area contributed by atoms with Crippen molar-refractivity contribution >= 4 is 21.6 Å². The van der Waals surface area contributed by atoms with Crippen LogP contribution in [0.1, 0.15) is 13.8 Å². The van der Waals surface area contributed by atoms with Crippen molar-refractivity contribution in [2.75, 3.05) is 29.6 Å². The van der Waals surface area contributed by atoms with Gasteiger partial charge in [-0.3, -0.25) is 0 Å². The molecule has 0 aromatic rings. The van der Waals surface area contributed by atoms with Gasteiger partial charge in [-0.25, -0.2) is 8.42 Å².